The van der Waals surface area contributed by atoms with E-state index in [9.17, 15) is 4.79 Å². The average Bonchev–Trinajstić information content (AvgIpc) is 3.13. The van der Waals surface area contributed by atoms with Crippen molar-refractivity contribution in [3.63, 3.8) is 0 Å². The van der Waals surface area contributed by atoms with Crippen molar-refractivity contribution in [2.45, 2.75) is 25.3 Å². The largest absolute Gasteiger partial charge is 0.348 e. The highest BCUT2D eigenvalue weighted by Crippen LogP contribution is 2.44. The van der Waals surface area contributed by atoms with E-state index >= 15 is 0 Å². The quantitative estimate of drug-likeness (QED) is 0.796. The fourth-order valence-corrected chi connectivity index (χ4v) is 4.90. The van der Waals surface area contributed by atoms with Gasteiger partial charge in [0.05, 0.1) is 11.5 Å². The van der Waals surface area contributed by atoms with Crippen LogP contribution in [0.3, 0.4) is 0 Å². The topological polar surface area (TPSA) is 52.6 Å². The average molecular weight is 380 g/mol. The van der Waals surface area contributed by atoms with Crippen LogP contribution in [0.5, 0.6) is 0 Å². The second-order valence-corrected chi connectivity index (χ2v) is 8.19. The predicted octanol–water partition coefficient (Wildman–Crippen LogP) is 2.08. The second-order valence-electron chi connectivity index (χ2n) is 8.19. The molecule has 2 aliphatic rings. The molecule has 1 amide bonds. The highest BCUT2D eigenvalue weighted by atomic mass is 16.2. The molecule has 2 saturated heterocycles. The van der Waals surface area contributed by atoms with E-state index in [1.807, 2.05) is 20.2 Å². The van der Waals surface area contributed by atoms with E-state index in [-0.39, 0.29) is 17.4 Å². The molecule has 6 nitrogen and oxygen atoms in total. The molecule has 6 heteroatoms. The molecule has 0 unspecified atom stereocenters. The van der Waals surface area contributed by atoms with Crippen molar-refractivity contribution >= 4 is 11.9 Å². The number of hydrogen-bond donors (Lipinski definition) is 0. The van der Waals surface area contributed by atoms with Gasteiger partial charge in [-0.1, -0.05) is 30.3 Å². The Hall–Kier alpha value is -2.47. The lowest BCUT2D eigenvalue weighted by Crippen LogP contribution is -2.58. The molecule has 1 aromatic carbocycles. The fourth-order valence-electron chi connectivity index (χ4n) is 4.90. The molecule has 1 aromatic heterocycles. The standard InChI is InChI=1S/C22H29N5O/c1-25(2)20(28)22-11-6-14-27(21-23-12-7-13-24-21)19(22)16-26(17-22)15-10-18-8-4-3-5-9-18/h3-5,7-9,12-13,19H,6,10-11,14-17H2,1-2H3/t19-,22-/m0/s1. The van der Waals surface area contributed by atoms with E-state index in [1.54, 1.807) is 17.3 Å². The lowest BCUT2D eigenvalue weighted by Gasteiger charge is -2.45. The van der Waals surface area contributed by atoms with Gasteiger partial charge in [0.15, 0.2) is 0 Å². The molecule has 148 valence electrons. The summed E-state index contributed by atoms with van der Waals surface area (Å²) in [5.74, 6) is 0.980. The minimum absolute atomic E-state index is 0.120. The summed E-state index contributed by atoms with van der Waals surface area (Å²) in [7, 11) is 3.75. The van der Waals surface area contributed by atoms with Gasteiger partial charge in [0.1, 0.15) is 0 Å². The smallest absolute Gasteiger partial charge is 0.231 e. The first kappa shape index (κ1) is 18.9. The van der Waals surface area contributed by atoms with Gasteiger partial charge in [0, 0.05) is 52.7 Å². The first-order chi connectivity index (χ1) is 13.6. The number of aromatic nitrogens is 2. The van der Waals surface area contributed by atoms with Crippen LogP contribution in [0.2, 0.25) is 0 Å². The monoisotopic (exact) mass is 379 g/mol. The minimum Gasteiger partial charge on any atom is -0.348 e. The summed E-state index contributed by atoms with van der Waals surface area (Å²) in [5.41, 5.74) is 0.964. The molecule has 4 rings (SSSR count). The van der Waals surface area contributed by atoms with Crippen LogP contribution < -0.4 is 4.90 Å². The van der Waals surface area contributed by atoms with Crippen molar-refractivity contribution < 1.29 is 4.79 Å². The normalized spacial score (nSPS) is 24.8. The van der Waals surface area contributed by atoms with Crippen molar-refractivity contribution in [2.24, 2.45) is 5.41 Å². The van der Waals surface area contributed by atoms with E-state index in [4.69, 9.17) is 0 Å². The summed E-state index contributed by atoms with van der Waals surface area (Å²) in [6.45, 7) is 3.56. The van der Waals surface area contributed by atoms with E-state index < -0.39 is 0 Å². The maximum Gasteiger partial charge on any atom is 0.231 e. The van der Waals surface area contributed by atoms with Gasteiger partial charge in [-0.3, -0.25) is 9.69 Å². The maximum atomic E-state index is 13.3. The molecule has 0 aliphatic carbocycles. The van der Waals surface area contributed by atoms with Gasteiger partial charge < -0.3 is 9.80 Å². The number of carbonyl (C=O) groups is 1. The molecule has 2 aromatic rings. The highest BCUT2D eigenvalue weighted by Gasteiger charge is 2.56. The van der Waals surface area contributed by atoms with Gasteiger partial charge in [-0.05, 0) is 30.9 Å². The third kappa shape index (κ3) is 3.49. The number of carbonyl (C=O) groups excluding carboxylic acids is 1. The summed E-state index contributed by atoms with van der Waals surface area (Å²) < 4.78 is 0. The molecule has 2 atom stereocenters. The lowest BCUT2D eigenvalue weighted by atomic mass is 9.74. The fraction of sp³-hybridized carbons (Fsp3) is 0.500. The van der Waals surface area contributed by atoms with Gasteiger partial charge >= 0.3 is 0 Å². The van der Waals surface area contributed by atoms with Crippen molar-refractivity contribution in [1.82, 2.24) is 19.8 Å². The number of piperidine rings is 1. The first-order valence-corrected chi connectivity index (χ1v) is 10.1. The van der Waals surface area contributed by atoms with Crippen molar-refractivity contribution in [3.8, 4) is 0 Å². The Morgan fingerprint density at radius 3 is 2.64 bits per heavy atom. The Morgan fingerprint density at radius 1 is 1.18 bits per heavy atom. The Labute approximate surface area is 167 Å². The lowest BCUT2D eigenvalue weighted by molar-refractivity contribution is -0.140. The Bertz CT molecular complexity index is 797. The van der Waals surface area contributed by atoms with Gasteiger partial charge in [-0.25, -0.2) is 9.97 Å². The van der Waals surface area contributed by atoms with Crippen LogP contribution in [-0.2, 0) is 11.2 Å². The molecule has 0 spiro atoms. The summed E-state index contributed by atoms with van der Waals surface area (Å²) >= 11 is 0. The summed E-state index contributed by atoms with van der Waals surface area (Å²) in [5, 5.41) is 0. The van der Waals surface area contributed by atoms with Crippen LogP contribution in [0.1, 0.15) is 18.4 Å². The van der Waals surface area contributed by atoms with Crippen molar-refractivity contribution in [3.05, 3.63) is 54.4 Å². The molecule has 2 aliphatic heterocycles. The van der Waals surface area contributed by atoms with Crippen molar-refractivity contribution in [1.29, 1.82) is 0 Å². The summed E-state index contributed by atoms with van der Waals surface area (Å²) in [6.07, 6.45) is 6.49. The van der Waals surface area contributed by atoms with Gasteiger partial charge in [0.2, 0.25) is 11.9 Å². The van der Waals surface area contributed by atoms with Gasteiger partial charge in [-0.2, -0.15) is 0 Å². The Kier molecular flexibility index (Phi) is 5.31. The van der Waals surface area contributed by atoms with Gasteiger partial charge in [-0.15, -0.1) is 0 Å². The Morgan fingerprint density at radius 2 is 1.93 bits per heavy atom. The second kappa shape index (κ2) is 7.87. The Balaban J connectivity index is 1.58. The van der Waals surface area contributed by atoms with Crippen LogP contribution in [0.15, 0.2) is 48.8 Å². The number of fused-ring (bicyclic) bond motifs is 1. The molecule has 3 heterocycles. The first-order valence-electron chi connectivity index (χ1n) is 10.1. The number of benzene rings is 1. The number of nitrogens with zero attached hydrogens (tertiary/aromatic N) is 5. The number of likely N-dealkylation sites (tertiary alicyclic amines) is 1. The number of amides is 1. The van der Waals surface area contributed by atoms with Crippen LogP contribution in [0.25, 0.3) is 0 Å². The third-order valence-electron chi connectivity index (χ3n) is 6.17. The third-order valence-corrected chi connectivity index (χ3v) is 6.17. The molecule has 0 saturated carbocycles. The van der Waals surface area contributed by atoms with Crippen LogP contribution in [-0.4, -0.2) is 72.0 Å². The maximum absolute atomic E-state index is 13.3. The number of anilines is 1. The number of rotatable bonds is 5. The molecular formula is C22H29N5O. The van der Waals surface area contributed by atoms with E-state index in [0.717, 1.165) is 51.4 Å². The highest BCUT2D eigenvalue weighted by molar-refractivity contribution is 5.85. The van der Waals surface area contributed by atoms with Crippen LogP contribution in [0.4, 0.5) is 5.95 Å². The van der Waals surface area contributed by atoms with E-state index in [1.165, 1.54) is 5.56 Å². The molecule has 0 bridgehead atoms. The van der Waals surface area contributed by atoms with E-state index in [0.29, 0.717) is 0 Å². The summed E-state index contributed by atoms with van der Waals surface area (Å²) in [6, 6.07) is 12.5. The van der Waals surface area contributed by atoms with Crippen LogP contribution in [0, 0.1) is 5.41 Å². The SMILES string of the molecule is CN(C)C(=O)[C@]12CCCN(c3ncccn3)[C@H]1CN(CCc1ccccc1)C2. The number of hydrogen-bond acceptors (Lipinski definition) is 5. The molecular weight excluding hydrogens is 350 g/mol. The minimum atomic E-state index is -0.377. The van der Waals surface area contributed by atoms with Crippen LogP contribution >= 0.6 is 0 Å². The zero-order valence-electron chi connectivity index (χ0n) is 16.8. The summed E-state index contributed by atoms with van der Waals surface area (Å²) in [4.78, 5) is 28.8. The van der Waals surface area contributed by atoms with E-state index in [2.05, 4.69) is 50.1 Å². The zero-order valence-corrected chi connectivity index (χ0v) is 16.8. The zero-order chi connectivity index (χ0) is 19.6. The molecule has 28 heavy (non-hydrogen) atoms. The molecule has 0 radical (unpaired) electrons. The molecule has 2 fully saturated rings. The van der Waals surface area contributed by atoms with Crippen molar-refractivity contribution in [2.75, 3.05) is 45.2 Å². The predicted molar refractivity (Wildman–Crippen MR) is 110 cm³/mol. The van der Waals surface area contributed by atoms with Gasteiger partial charge in [0.25, 0.3) is 0 Å². The molecule has 0 N–H and O–H groups in total.